The van der Waals surface area contributed by atoms with Crippen LogP contribution in [-0.4, -0.2) is 16.5 Å². The summed E-state index contributed by atoms with van der Waals surface area (Å²) in [5.41, 5.74) is 7.60. The minimum Gasteiger partial charge on any atom is -0.360 e. The van der Waals surface area contributed by atoms with Gasteiger partial charge in [0.25, 0.3) is 0 Å². The Kier molecular flexibility index (Phi) is 3.53. The zero-order valence-corrected chi connectivity index (χ0v) is 9.39. The zero-order chi connectivity index (χ0) is 10.5. The molecule has 0 amide bonds. The van der Waals surface area contributed by atoms with E-state index in [1.54, 1.807) is 11.3 Å². The molecule has 2 heterocycles. The van der Waals surface area contributed by atoms with Crippen molar-refractivity contribution in [3.8, 4) is 11.4 Å². The third kappa shape index (κ3) is 2.67. The summed E-state index contributed by atoms with van der Waals surface area (Å²) in [4.78, 5) is 7.73. The summed E-state index contributed by atoms with van der Waals surface area (Å²) in [7, 11) is 0. The molecule has 0 bridgehead atoms. The number of unbranched alkanes of at least 4 members (excludes halogenated alkanes) is 1. The Morgan fingerprint density at radius 1 is 1.40 bits per heavy atom. The second kappa shape index (κ2) is 5.09. The lowest BCUT2D eigenvalue weighted by Gasteiger charge is -1.94. The van der Waals surface area contributed by atoms with Crippen LogP contribution in [0.2, 0.25) is 0 Å². The average molecular weight is 221 g/mol. The maximum atomic E-state index is 5.45. The lowest BCUT2D eigenvalue weighted by Crippen LogP contribution is -1.98. The van der Waals surface area contributed by atoms with E-state index >= 15 is 0 Å². The highest BCUT2D eigenvalue weighted by molar-refractivity contribution is 7.09. The molecular weight excluding hydrogens is 206 g/mol. The summed E-state index contributed by atoms with van der Waals surface area (Å²) < 4.78 is 0. The van der Waals surface area contributed by atoms with Gasteiger partial charge in [0, 0.05) is 11.6 Å². The Morgan fingerprint density at radius 2 is 2.33 bits per heavy atom. The second-order valence-corrected chi connectivity index (χ2v) is 4.40. The molecule has 3 N–H and O–H groups in total. The maximum Gasteiger partial charge on any atom is 0.0976 e. The van der Waals surface area contributed by atoms with Crippen LogP contribution in [0.1, 0.15) is 17.8 Å². The summed E-state index contributed by atoms with van der Waals surface area (Å²) in [6, 6.07) is 4.03. The molecule has 0 unspecified atom stereocenters. The molecule has 0 aliphatic heterocycles. The first kappa shape index (κ1) is 10.4. The molecule has 80 valence electrons. The van der Waals surface area contributed by atoms with Crippen LogP contribution in [-0.2, 0) is 6.42 Å². The molecule has 0 atom stereocenters. The van der Waals surface area contributed by atoms with Crippen LogP contribution in [0.5, 0.6) is 0 Å². The highest BCUT2D eigenvalue weighted by Gasteiger charge is 2.04. The number of thiazole rings is 1. The van der Waals surface area contributed by atoms with Gasteiger partial charge in [0.1, 0.15) is 0 Å². The Balaban J connectivity index is 1.98. The van der Waals surface area contributed by atoms with E-state index in [0.717, 1.165) is 37.2 Å². The summed E-state index contributed by atoms with van der Waals surface area (Å²) in [5.74, 6) is 0. The zero-order valence-electron chi connectivity index (χ0n) is 8.57. The van der Waals surface area contributed by atoms with E-state index in [9.17, 15) is 0 Å². The van der Waals surface area contributed by atoms with Crippen molar-refractivity contribution in [1.29, 1.82) is 0 Å². The number of nitrogens with two attached hydrogens (primary N) is 1. The van der Waals surface area contributed by atoms with Crippen molar-refractivity contribution in [3.63, 3.8) is 0 Å². The first-order chi connectivity index (χ1) is 7.40. The van der Waals surface area contributed by atoms with E-state index in [4.69, 9.17) is 5.73 Å². The number of aromatic amines is 1. The van der Waals surface area contributed by atoms with Crippen LogP contribution in [0.15, 0.2) is 23.7 Å². The van der Waals surface area contributed by atoms with Gasteiger partial charge in [-0.05, 0) is 37.9 Å². The molecule has 0 fully saturated rings. The smallest absolute Gasteiger partial charge is 0.0976 e. The number of aromatic nitrogens is 2. The van der Waals surface area contributed by atoms with Crippen LogP contribution in [0.25, 0.3) is 11.4 Å². The second-order valence-electron chi connectivity index (χ2n) is 3.46. The van der Waals surface area contributed by atoms with Gasteiger partial charge in [0.2, 0.25) is 0 Å². The highest BCUT2D eigenvalue weighted by atomic mass is 32.1. The standard InChI is InChI=1S/C11H15N3S/c12-6-2-1-5-11-14-10(8-15-11)9-4-3-7-13-9/h3-4,7-8,13H,1-2,5-6,12H2. The van der Waals surface area contributed by atoms with Crippen molar-refractivity contribution in [3.05, 3.63) is 28.7 Å². The fourth-order valence-corrected chi connectivity index (χ4v) is 2.30. The Bertz CT molecular complexity index is 392. The molecule has 2 aromatic rings. The van der Waals surface area contributed by atoms with Crippen molar-refractivity contribution in [2.75, 3.05) is 6.54 Å². The number of rotatable bonds is 5. The summed E-state index contributed by atoms with van der Waals surface area (Å²) in [6.45, 7) is 0.773. The van der Waals surface area contributed by atoms with Crippen molar-refractivity contribution in [2.24, 2.45) is 5.73 Å². The van der Waals surface area contributed by atoms with Gasteiger partial charge >= 0.3 is 0 Å². The molecule has 0 aliphatic carbocycles. The largest absolute Gasteiger partial charge is 0.360 e. The third-order valence-corrected chi connectivity index (χ3v) is 3.18. The van der Waals surface area contributed by atoms with E-state index < -0.39 is 0 Å². The molecule has 2 aromatic heterocycles. The van der Waals surface area contributed by atoms with E-state index in [1.807, 2.05) is 18.3 Å². The maximum absolute atomic E-state index is 5.45. The van der Waals surface area contributed by atoms with Crippen molar-refractivity contribution < 1.29 is 0 Å². The van der Waals surface area contributed by atoms with Crippen LogP contribution in [0.4, 0.5) is 0 Å². The van der Waals surface area contributed by atoms with Crippen molar-refractivity contribution in [1.82, 2.24) is 9.97 Å². The Morgan fingerprint density at radius 3 is 3.07 bits per heavy atom. The molecular formula is C11H15N3S. The SMILES string of the molecule is NCCCCc1nc(-c2ccc[nH]2)cs1. The highest BCUT2D eigenvalue weighted by Crippen LogP contribution is 2.20. The normalized spacial score (nSPS) is 10.7. The molecule has 3 nitrogen and oxygen atoms in total. The number of hydrogen-bond donors (Lipinski definition) is 2. The molecule has 0 aliphatic rings. The van der Waals surface area contributed by atoms with Crippen molar-refractivity contribution >= 4 is 11.3 Å². The predicted octanol–water partition coefficient (Wildman–Crippen LogP) is 2.42. The first-order valence-electron chi connectivity index (χ1n) is 5.18. The molecule has 15 heavy (non-hydrogen) atoms. The molecule has 0 saturated carbocycles. The van der Waals surface area contributed by atoms with Gasteiger partial charge in [-0.25, -0.2) is 4.98 Å². The molecule has 4 heteroatoms. The predicted molar refractivity (Wildman–Crippen MR) is 63.9 cm³/mol. The van der Waals surface area contributed by atoms with E-state index in [2.05, 4.69) is 15.3 Å². The summed E-state index contributed by atoms with van der Waals surface area (Å²) >= 11 is 1.73. The van der Waals surface area contributed by atoms with Gasteiger partial charge < -0.3 is 10.7 Å². The third-order valence-electron chi connectivity index (χ3n) is 2.27. The van der Waals surface area contributed by atoms with Crippen LogP contribution >= 0.6 is 11.3 Å². The topological polar surface area (TPSA) is 54.7 Å². The van der Waals surface area contributed by atoms with E-state index in [-0.39, 0.29) is 0 Å². The molecule has 0 radical (unpaired) electrons. The number of nitrogens with one attached hydrogen (secondary N) is 1. The van der Waals surface area contributed by atoms with Crippen LogP contribution in [0, 0.1) is 0 Å². The van der Waals surface area contributed by atoms with Gasteiger partial charge in [0.05, 0.1) is 16.4 Å². The Hall–Kier alpha value is -1.13. The van der Waals surface area contributed by atoms with Crippen molar-refractivity contribution in [2.45, 2.75) is 19.3 Å². The fourth-order valence-electron chi connectivity index (χ4n) is 1.46. The van der Waals surface area contributed by atoms with Gasteiger partial charge in [-0.15, -0.1) is 11.3 Å². The minimum atomic E-state index is 0.773. The van der Waals surface area contributed by atoms with E-state index in [0.29, 0.717) is 0 Å². The fraction of sp³-hybridized carbons (Fsp3) is 0.364. The quantitative estimate of drug-likeness (QED) is 0.762. The number of hydrogen-bond acceptors (Lipinski definition) is 3. The number of aryl methyl sites for hydroxylation is 1. The minimum absolute atomic E-state index is 0.773. The lowest BCUT2D eigenvalue weighted by molar-refractivity contribution is 0.742. The van der Waals surface area contributed by atoms with Crippen LogP contribution < -0.4 is 5.73 Å². The number of nitrogens with zero attached hydrogens (tertiary/aromatic N) is 1. The monoisotopic (exact) mass is 221 g/mol. The summed E-state index contributed by atoms with van der Waals surface area (Å²) in [5, 5.41) is 3.30. The molecule has 0 spiro atoms. The van der Waals surface area contributed by atoms with Gasteiger partial charge in [0.15, 0.2) is 0 Å². The molecule has 0 saturated heterocycles. The van der Waals surface area contributed by atoms with Gasteiger partial charge in [-0.1, -0.05) is 0 Å². The summed E-state index contributed by atoms with van der Waals surface area (Å²) in [6.07, 6.45) is 5.18. The first-order valence-corrected chi connectivity index (χ1v) is 6.06. The molecule has 0 aromatic carbocycles. The average Bonchev–Trinajstić information content (AvgIpc) is 2.87. The van der Waals surface area contributed by atoms with E-state index in [1.165, 1.54) is 5.01 Å². The van der Waals surface area contributed by atoms with Crippen LogP contribution in [0.3, 0.4) is 0 Å². The van der Waals surface area contributed by atoms with Gasteiger partial charge in [-0.2, -0.15) is 0 Å². The number of H-pyrrole nitrogens is 1. The lowest BCUT2D eigenvalue weighted by atomic mass is 10.2. The van der Waals surface area contributed by atoms with Gasteiger partial charge in [-0.3, -0.25) is 0 Å². The Labute approximate surface area is 93.4 Å². The molecule has 2 rings (SSSR count).